The number of primary amides is 1. The Morgan fingerprint density at radius 1 is 1.23 bits per heavy atom. The van der Waals surface area contributed by atoms with Crippen LogP contribution >= 0.6 is 0 Å². The first-order chi connectivity index (χ1) is 10.5. The van der Waals surface area contributed by atoms with E-state index >= 15 is 0 Å². The largest absolute Gasteiger partial charge is 0.493 e. The fraction of sp³-hybridized carbons (Fsp3) is 0.375. The number of likely N-dealkylation sites (N-methyl/N-ethyl adjacent to an activating group) is 1. The van der Waals surface area contributed by atoms with E-state index in [0.717, 1.165) is 5.56 Å². The zero-order valence-corrected chi connectivity index (χ0v) is 13.2. The summed E-state index contributed by atoms with van der Waals surface area (Å²) in [5.74, 6) is 0.293. The highest BCUT2D eigenvalue weighted by molar-refractivity contribution is 5.91. The lowest BCUT2D eigenvalue weighted by atomic mass is 10.2. The molecule has 0 fully saturated rings. The first-order valence-electron chi connectivity index (χ1n) is 7.07. The predicted molar refractivity (Wildman–Crippen MR) is 84.6 cm³/mol. The molecule has 0 spiro atoms. The molecular formula is C16H22N2O4. The maximum absolute atomic E-state index is 11.9. The summed E-state index contributed by atoms with van der Waals surface area (Å²) in [7, 11) is 1.50. The van der Waals surface area contributed by atoms with Gasteiger partial charge in [0.1, 0.15) is 0 Å². The van der Waals surface area contributed by atoms with E-state index in [2.05, 4.69) is 0 Å². The number of methoxy groups -OCH3 is 1. The fourth-order valence-electron chi connectivity index (χ4n) is 1.86. The molecule has 22 heavy (non-hydrogen) atoms. The Hall–Kier alpha value is -2.50. The molecule has 2 amide bonds. The lowest BCUT2D eigenvalue weighted by molar-refractivity contribution is -0.125. The van der Waals surface area contributed by atoms with Crippen molar-refractivity contribution in [3.05, 3.63) is 29.8 Å². The van der Waals surface area contributed by atoms with Gasteiger partial charge in [-0.25, -0.2) is 0 Å². The molecule has 0 bridgehead atoms. The van der Waals surface area contributed by atoms with Crippen molar-refractivity contribution >= 4 is 17.9 Å². The molecule has 0 aromatic heterocycles. The summed E-state index contributed by atoms with van der Waals surface area (Å²) < 4.78 is 10.5. The summed E-state index contributed by atoms with van der Waals surface area (Å²) in [5.41, 5.74) is 5.83. The van der Waals surface area contributed by atoms with Gasteiger partial charge in [0.15, 0.2) is 18.1 Å². The summed E-state index contributed by atoms with van der Waals surface area (Å²) in [6.45, 7) is 4.99. The van der Waals surface area contributed by atoms with Crippen LogP contribution in [0.4, 0.5) is 0 Å². The summed E-state index contributed by atoms with van der Waals surface area (Å²) in [5, 5.41) is 0. The van der Waals surface area contributed by atoms with Crippen LogP contribution in [0.2, 0.25) is 0 Å². The molecule has 1 aromatic rings. The van der Waals surface area contributed by atoms with Gasteiger partial charge >= 0.3 is 0 Å². The zero-order chi connectivity index (χ0) is 16.5. The molecule has 6 heteroatoms. The minimum Gasteiger partial charge on any atom is -0.493 e. The van der Waals surface area contributed by atoms with E-state index in [0.29, 0.717) is 24.6 Å². The van der Waals surface area contributed by atoms with Crippen LogP contribution in [0.25, 0.3) is 6.08 Å². The number of carbonyl (C=O) groups is 2. The van der Waals surface area contributed by atoms with Crippen molar-refractivity contribution in [1.82, 2.24) is 4.90 Å². The number of carbonyl (C=O) groups excluding carboxylic acids is 2. The van der Waals surface area contributed by atoms with E-state index in [9.17, 15) is 9.59 Å². The van der Waals surface area contributed by atoms with Gasteiger partial charge in [0.25, 0.3) is 5.91 Å². The molecule has 0 radical (unpaired) electrons. The number of ether oxygens (including phenoxy) is 2. The second-order valence-corrected chi connectivity index (χ2v) is 4.51. The van der Waals surface area contributed by atoms with Crippen molar-refractivity contribution in [3.63, 3.8) is 0 Å². The monoisotopic (exact) mass is 306 g/mol. The minimum absolute atomic E-state index is 0.0435. The third-order valence-electron chi connectivity index (χ3n) is 3.05. The van der Waals surface area contributed by atoms with Gasteiger partial charge in [0, 0.05) is 19.2 Å². The topological polar surface area (TPSA) is 81.9 Å². The fourth-order valence-corrected chi connectivity index (χ4v) is 1.86. The number of amides is 2. The Kier molecular flexibility index (Phi) is 6.95. The number of nitrogens with two attached hydrogens (primary N) is 1. The summed E-state index contributed by atoms with van der Waals surface area (Å²) in [6.07, 6.45) is 3.23. The van der Waals surface area contributed by atoms with Crippen LogP contribution < -0.4 is 15.2 Å². The average molecular weight is 306 g/mol. The molecule has 1 rings (SSSR count). The highest BCUT2D eigenvalue weighted by atomic mass is 16.5. The number of hydrogen-bond donors (Lipinski definition) is 1. The van der Waals surface area contributed by atoms with Crippen LogP contribution in [-0.4, -0.2) is 43.5 Å². The van der Waals surface area contributed by atoms with E-state index in [1.54, 1.807) is 29.2 Å². The predicted octanol–water partition coefficient (Wildman–Crippen LogP) is 1.44. The SMILES string of the molecule is CCN(CC)C(=O)/C=C/c1ccc(OCC(N)=O)c(OC)c1. The quantitative estimate of drug-likeness (QED) is 0.737. The molecule has 0 saturated carbocycles. The maximum Gasteiger partial charge on any atom is 0.255 e. The van der Waals surface area contributed by atoms with Crippen molar-refractivity contribution in [1.29, 1.82) is 0 Å². The third kappa shape index (κ3) is 5.12. The first kappa shape index (κ1) is 17.6. The van der Waals surface area contributed by atoms with Crippen molar-refractivity contribution < 1.29 is 19.1 Å². The van der Waals surface area contributed by atoms with Crippen molar-refractivity contribution in [3.8, 4) is 11.5 Å². The summed E-state index contributed by atoms with van der Waals surface area (Å²) >= 11 is 0. The standard InChI is InChI=1S/C16H22N2O4/c1-4-18(5-2)16(20)9-7-12-6-8-13(14(10-12)21-3)22-11-15(17)19/h6-10H,4-5,11H2,1-3H3,(H2,17,19)/b9-7+. The van der Waals surface area contributed by atoms with E-state index in [-0.39, 0.29) is 12.5 Å². The van der Waals surface area contributed by atoms with Crippen LogP contribution in [0.5, 0.6) is 11.5 Å². The average Bonchev–Trinajstić information content (AvgIpc) is 2.52. The minimum atomic E-state index is -0.559. The zero-order valence-electron chi connectivity index (χ0n) is 13.2. The van der Waals surface area contributed by atoms with E-state index < -0.39 is 5.91 Å². The molecule has 0 aliphatic carbocycles. The third-order valence-corrected chi connectivity index (χ3v) is 3.05. The molecule has 0 aliphatic heterocycles. The van der Waals surface area contributed by atoms with Gasteiger partial charge < -0.3 is 20.1 Å². The molecule has 0 heterocycles. The summed E-state index contributed by atoms with van der Waals surface area (Å²) in [6, 6.07) is 5.16. The van der Waals surface area contributed by atoms with Crippen molar-refractivity contribution in [2.24, 2.45) is 5.73 Å². The molecule has 0 aliphatic rings. The second kappa shape index (κ2) is 8.71. The van der Waals surface area contributed by atoms with Gasteiger partial charge in [-0.05, 0) is 37.6 Å². The van der Waals surface area contributed by atoms with Crippen molar-refractivity contribution in [2.45, 2.75) is 13.8 Å². The van der Waals surface area contributed by atoms with E-state index in [1.807, 2.05) is 13.8 Å². The Labute approximate surface area is 130 Å². The van der Waals surface area contributed by atoms with Crippen LogP contribution in [0, 0.1) is 0 Å². The van der Waals surface area contributed by atoms with Gasteiger partial charge in [-0.15, -0.1) is 0 Å². The van der Waals surface area contributed by atoms with E-state index in [1.165, 1.54) is 13.2 Å². The molecule has 120 valence electrons. The molecular weight excluding hydrogens is 284 g/mol. The first-order valence-corrected chi connectivity index (χ1v) is 7.07. The van der Waals surface area contributed by atoms with Crippen LogP contribution in [0.3, 0.4) is 0 Å². The number of rotatable bonds is 8. The second-order valence-electron chi connectivity index (χ2n) is 4.51. The van der Waals surface area contributed by atoms with Gasteiger partial charge in [-0.1, -0.05) is 6.07 Å². The lowest BCUT2D eigenvalue weighted by Gasteiger charge is -2.15. The van der Waals surface area contributed by atoms with Gasteiger partial charge in [0.05, 0.1) is 7.11 Å². The van der Waals surface area contributed by atoms with Crippen LogP contribution in [-0.2, 0) is 9.59 Å². The van der Waals surface area contributed by atoms with Crippen molar-refractivity contribution in [2.75, 3.05) is 26.8 Å². The molecule has 6 nitrogen and oxygen atoms in total. The molecule has 2 N–H and O–H groups in total. The Balaban J connectivity index is 2.84. The van der Waals surface area contributed by atoms with Gasteiger partial charge in [-0.3, -0.25) is 9.59 Å². The molecule has 0 atom stereocenters. The van der Waals surface area contributed by atoms with Gasteiger partial charge in [-0.2, -0.15) is 0 Å². The van der Waals surface area contributed by atoms with Crippen LogP contribution in [0.15, 0.2) is 24.3 Å². The maximum atomic E-state index is 11.9. The van der Waals surface area contributed by atoms with Gasteiger partial charge in [0.2, 0.25) is 5.91 Å². The van der Waals surface area contributed by atoms with Crippen LogP contribution in [0.1, 0.15) is 19.4 Å². The Morgan fingerprint density at radius 3 is 2.45 bits per heavy atom. The summed E-state index contributed by atoms with van der Waals surface area (Å²) in [4.78, 5) is 24.4. The number of nitrogens with zero attached hydrogens (tertiary/aromatic N) is 1. The van der Waals surface area contributed by atoms with E-state index in [4.69, 9.17) is 15.2 Å². The normalized spacial score (nSPS) is 10.5. The molecule has 0 saturated heterocycles. The Bertz CT molecular complexity index is 551. The smallest absolute Gasteiger partial charge is 0.255 e. The number of benzene rings is 1. The Morgan fingerprint density at radius 2 is 1.91 bits per heavy atom. The highest BCUT2D eigenvalue weighted by Crippen LogP contribution is 2.28. The lowest BCUT2D eigenvalue weighted by Crippen LogP contribution is -2.28. The molecule has 0 unspecified atom stereocenters. The molecule has 1 aromatic carbocycles. The highest BCUT2D eigenvalue weighted by Gasteiger charge is 2.08. The number of hydrogen-bond acceptors (Lipinski definition) is 4.